The molecule has 2 aliphatic rings. The van der Waals surface area contributed by atoms with E-state index < -0.39 is 76.6 Å². The quantitative estimate of drug-likeness (QED) is 0.0200. The molecule has 1 saturated heterocycles. The summed E-state index contributed by atoms with van der Waals surface area (Å²) in [5.41, 5.74) is 4.56. The third kappa shape index (κ3) is 11.2. The first kappa shape index (κ1) is 44.8. The van der Waals surface area contributed by atoms with E-state index in [9.17, 15) is 24.5 Å². The van der Waals surface area contributed by atoms with Crippen molar-refractivity contribution in [2.75, 3.05) is 19.8 Å². The molecule has 1 N–H and O–H groups in total. The standard InChI is InChI=1S/C45H37Cl3N2O13/c46-45(47,48)43(49)63-42-40(62-41(52)28-13-5-2-6-14-28)39(61-37(51)26-56-30-21-19-29(20-22-30)50(54)55)38(57-23-27-11-3-1-4-12-27)36(60-42)25-59-44(53)58-24-35-33-17-9-7-15-31(33)32-16-8-10-18-34(32)35/h1-22,35-36,38-40,42,49H,23-26H2/t36-,38+,39+,40-,42-/m1/s1. The lowest BCUT2D eigenvalue weighted by molar-refractivity contribution is -0.384. The van der Waals surface area contributed by atoms with E-state index in [1.165, 1.54) is 36.4 Å². The Morgan fingerprint density at radius 1 is 0.698 bits per heavy atom. The molecule has 0 saturated carbocycles. The van der Waals surface area contributed by atoms with Crippen LogP contribution in [0.25, 0.3) is 11.1 Å². The second kappa shape index (κ2) is 20.3. The molecule has 0 bridgehead atoms. The second-order valence-electron chi connectivity index (χ2n) is 14.1. The number of halogens is 3. The van der Waals surface area contributed by atoms with Gasteiger partial charge in [0, 0.05) is 18.1 Å². The summed E-state index contributed by atoms with van der Waals surface area (Å²) in [6.07, 6.45) is -9.08. The lowest BCUT2D eigenvalue weighted by atomic mass is 9.98. The average Bonchev–Trinajstić information content (AvgIpc) is 3.61. The van der Waals surface area contributed by atoms with Crippen LogP contribution >= 0.6 is 34.8 Å². The summed E-state index contributed by atoms with van der Waals surface area (Å²) in [5.74, 6) is -3.08. The summed E-state index contributed by atoms with van der Waals surface area (Å²) in [6, 6.07) is 37.3. The van der Waals surface area contributed by atoms with E-state index >= 15 is 0 Å². The molecule has 5 aromatic rings. The van der Waals surface area contributed by atoms with Gasteiger partial charge in [0.25, 0.3) is 9.48 Å². The molecule has 1 heterocycles. The molecule has 1 fully saturated rings. The van der Waals surface area contributed by atoms with Crippen molar-refractivity contribution in [2.45, 2.75) is 47.0 Å². The Labute approximate surface area is 375 Å². The number of rotatable bonds is 15. The molecular formula is C45H37Cl3N2O13. The number of nitrogens with one attached hydrogen (secondary N) is 1. The van der Waals surface area contributed by atoms with Gasteiger partial charge in [0.1, 0.15) is 31.2 Å². The predicted molar refractivity (Wildman–Crippen MR) is 228 cm³/mol. The van der Waals surface area contributed by atoms with E-state index in [0.717, 1.165) is 22.3 Å². The van der Waals surface area contributed by atoms with Crippen LogP contribution in [-0.4, -0.2) is 83.2 Å². The van der Waals surface area contributed by atoms with Crippen molar-refractivity contribution in [3.8, 4) is 16.9 Å². The third-order valence-electron chi connectivity index (χ3n) is 9.99. The van der Waals surface area contributed by atoms with Crippen molar-refractivity contribution < 1.29 is 57.2 Å². The highest BCUT2D eigenvalue weighted by Crippen LogP contribution is 2.44. The molecular weight excluding hydrogens is 883 g/mol. The number of benzene rings is 5. The monoisotopic (exact) mass is 918 g/mol. The Kier molecular flexibility index (Phi) is 14.4. The fourth-order valence-corrected chi connectivity index (χ4v) is 7.19. The number of carbonyl (C=O) groups is 3. The number of hydrogen-bond acceptors (Lipinski definition) is 14. The number of nitro groups is 1. The van der Waals surface area contributed by atoms with Crippen molar-refractivity contribution in [3.63, 3.8) is 0 Å². The molecule has 7 rings (SSSR count). The number of esters is 2. The van der Waals surface area contributed by atoms with Gasteiger partial charge in [0.15, 0.2) is 12.7 Å². The van der Waals surface area contributed by atoms with E-state index in [1.807, 2.05) is 48.5 Å². The Hall–Kier alpha value is -6.23. The second-order valence-corrected chi connectivity index (χ2v) is 16.4. The van der Waals surface area contributed by atoms with Crippen LogP contribution in [0.5, 0.6) is 5.75 Å². The van der Waals surface area contributed by atoms with Gasteiger partial charge in [-0.25, -0.2) is 14.4 Å². The van der Waals surface area contributed by atoms with Crippen molar-refractivity contribution in [2.24, 2.45) is 0 Å². The summed E-state index contributed by atoms with van der Waals surface area (Å²) >= 11 is 18.0. The highest BCUT2D eigenvalue weighted by atomic mass is 35.6. The van der Waals surface area contributed by atoms with Gasteiger partial charge in [-0.05, 0) is 52.1 Å². The normalized spacial score (nSPS) is 19.1. The predicted octanol–water partition coefficient (Wildman–Crippen LogP) is 8.75. The first-order chi connectivity index (χ1) is 30.4. The summed E-state index contributed by atoms with van der Waals surface area (Å²) < 4.78 is 44.6. The number of alkyl halides is 3. The van der Waals surface area contributed by atoms with E-state index in [0.29, 0.717) is 5.56 Å². The molecule has 5 aromatic carbocycles. The smallest absolute Gasteiger partial charge is 0.482 e. The topological polar surface area (TPSA) is 192 Å². The minimum atomic E-state index is -2.43. The Balaban J connectivity index is 1.17. The molecule has 18 heteroatoms. The van der Waals surface area contributed by atoms with Gasteiger partial charge < -0.3 is 37.9 Å². The average molecular weight is 920 g/mol. The third-order valence-corrected chi connectivity index (χ3v) is 10.5. The number of carbonyl (C=O) groups excluding carboxylic acids is 3. The maximum atomic E-state index is 13.7. The van der Waals surface area contributed by atoms with Crippen molar-refractivity contribution in [3.05, 3.63) is 166 Å². The molecule has 0 aromatic heterocycles. The van der Waals surface area contributed by atoms with Gasteiger partial charge in [0.05, 0.1) is 17.1 Å². The highest BCUT2D eigenvalue weighted by molar-refractivity contribution is 6.76. The van der Waals surface area contributed by atoms with E-state index in [-0.39, 0.29) is 36.1 Å². The molecule has 0 spiro atoms. The summed E-state index contributed by atoms with van der Waals surface area (Å²) in [5, 5.41) is 19.5. The van der Waals surface area contributed by atoms with E-state index in [4.69, 9.17) is 78.1 Å². The van der Waals surface area contributed by atoms with Gasteiger partial charge >= 0.3 is 18.1 Å². The number of ether oxygens (including phenoxy) is 8. The molecule has 1 aliphatic heterocycles. The number of nitrogens with zero attached hydrogens (tertiary/aromatic N) is 1. The molecule has 0 unspecified atom stereocenters. The largest absolute Gasteiger partial charge is 0.508 e. The van der Waals surface area contributed by atoms with Crippen molar-refractivity contribution >= 4 is 64.5 Å². The minimum absolute atomic E-state index is 0.0645. The summed E-state index contributed by atoms with van der Waals surface area (Å²) in [4.78, 5) is 51.3. The Morgan fingerprint density at radius 3 is 1.90 bits per heavy atom. The van der Waals surface area contributed by atoms with E-state index in [2.05, 4.69) is 0 Å². The fraction of sp³-hybridized carbons (Fsp3) is 0.244. The van der Waals surface area contributed by atoms with E-state index in [1.54, 1.807) is 48.5 Å². The van der Waals surface area contributed by atoms with Gasteiger partial charge in [-0.3, -0.25) is 15.5 Å². The zero-order valence-electron chi connectivity index (χ0n) is 32.9. The van der Waals surface area contributed by atoms with Crippen molar-refractivity contribution in [1.29, 1.82) is 5.41 Å². The SMILES string of the molecule is N=C(O[C@H]1O[C@H](COC(=O)OCC2c3ccccc3-c3ccccc32)[C@H](OCc2ccccc2)[C@H](OC(=O)COc2ccc([N+](=O)[O-])cc2)[C@H]1OC(=O)c1ccccc1)C(Cl)(Cl)Cl. The molecule has 0 radical (unpaired) electrons. The molecule has 0 amide bonds. The van der Waals surface area contributed by atoms with Gasteiger partial charge in [0.2, 0.25) is 18.3 Å². The van der Waals surface area contributed by atoms with Crippen LogP contribution in [0, 0.1) is 15.5 Å². The Bertz CT molecular complexity index is 2370. The molecule has 5 atom stereocenters. The number of fused-ring (bicyclic) bond motifs is 3. The van der Waals surface area contributed by atoms with Crippen LogP contribution in [0.2, 0.25) is 0 Å². The van der Waals surface area contributed by atoms with Crippen molar-refractivity contribution in [1.82, 2.24) is 0 Å². The maximum Gasteiger partial charge on any atom is 0.508 e. The van der Waals surface area contributed by atoms with Gasteiger partial charge in [-0.2, -0.15) is 0 Å². The lowest BCUT2D eigenvalue weighted by Crippen LogP contribution is -2.63. The van der Waals surface area contributed by atoms with Crippen LogP contribution in [-0.2, 0) is 44.6 Å². The molecule has 15 nitrogen and oxygen atoms in total. The lowest BCUT2D eigenvalue weighted by Gasteiger charge is -2.44. The molecule has 63 heavy (non-hydrogen) atoms. The van der Waals surface area contributed by atoms with Crippen LogP contribution in [0.3, 0.4) is 0 Å². The zero-order valence-corrected chi connectivity index (χ0v) is 35.2. The van der Waals surface area contributed by atoms with Crippen LogP contribution in [0.4, 0.5) is 10.5 Å². The molecule has 326 valence electrons. The van der Waals surface area contributed by atoms with Crippen LogP contribution in [0.15, 0.2) is 133 Å². The zero-order chi connectivity index (χ0) is 44.5. The van der Waals surface area contributed by atoms with Crippen LogP contribution in [0.1, 0.15) is 33.0 Å². The Morgan fingerprint density at radius 2 is 1.29 bits per heavy atom. The summed E-state index contributed by atoms with van der Waals surface area (Å²) in [7, 11) is 0. The summed E-state index contributed by atoms with van der Waals surface area (Å²) in [6.45, 7) is -1.52. The van der Waals surface area contributed by atoms with Gasteiger partial charge in [-0.1, -0.05) is 132 Å². The number of non-ortho nitro benzene ring substituents is 1. The first-order valence-electron chi connectivity index (χ1n) is 19.3. The fourth-order valence-electron chi connectivity index (χ4n) is 7.06. The first-order valence-corrected chi connectivity index (χ1v) is 20.4. The number of nitro benzene ring substituents is 1. The van der Waals surface area contributed by atoms with Crippen LogP contribution < -0.4 is 4.74 Å². The number of hydrogen-bond donors (Lipinski definition) is 1. The minimum Gasteiger partial charge on any atom is -0.482 e. The maximum absolute atomic E-state index is 13.7. The highest BCUT2D eigenvalue weighted by Gasteiger charge is 2.54. The van der Waals surface area contributed by atoms with Gasteiger partial charge in [-0.15, -0.1) is 0 Å². The molecule has 1 aliphatic carbocycles.